The number of thiophene rings is 1. The van der Waals surface area contributed by atoms with Crippen molar-refractivity contribution in [3.8, 4) is 0 Å². The monoisotopic (exact) mass is 418 g/mol. The Labute approximate surface area is 176 Å². The third-order valence-electron chi connectivity index (χ3n) is 5.11. The van der Waals surface area contributed by atoms with E-state index in [9.17, 15) is 9.59 Å². The lowest BCUT2D eigenvalue weighted by Gasteiger charge is -2.37. The molecule has 0 bridgehead atoms. The van der Waals surface area contributed by atoms with Crippen molar-refractivity contribution in [2.24, 2.45) is 0 Å². The summed E-state index contributed by atoms with van der Waals surface area (Å²) in [7, 11) is 0. The van der Waals surface area contributed by atoms with Gasteiger partial charge in [-0.2, -0.15) is 0 Å². The zero-order valence-electron chi connectivity index (χ0n) is 16.5. The predicted molar refractivity (Wildman–Crippen MR) is 115 cm³/mol. The summed E-state index contributed by atoms with van der Waals surface area (Å²) in [6, 6.07) is 9.72. The molecule has 1 aliphatic heterocycles. The summed E-state index contributed by atoms with van der Waals surface area (Å²) in [5.74, 6) is 0.0728. The molecule has 6 heteroatoms. The van der Waals surface area contributed by atoms with E-state index >= 15 is 0 Å². The normalized spacial score (nSPS) is 16.0. The van der Waals surface area contributed by atoms with Crippen LogP contribution in [0.1, 0.15) is 55.2 Å². The van der Waals surface area contributed by atoms with Crippen LogP contribution in [0.2, 0.25) is 5.02 Å². The molecule has 3 rings (SSSR count). The summed E-state index contributed by atoms with van der Waals surface area (Å²) in [5, 5.41) is 2.78. The molecule has 2 heterocycles. The number of rotatable bonds is 7. The standard InChI is InChI=1S/C22H27ClN2O2S/c1-3-5-20(26)24(12-4-2)15-21(27)25-13-10-19-18(11-14-28-19)22(25)16-6-8-17(23)9-7-16/h6-9,11,14,22H,3-5,10,12-13,15H2,1-2H3/t22-/m1/s1. The van der Waals surface area contributed by atoms with Gasteiger partial charge in [-0.15, -0.1) is 11.3 Å². The molecule has 0 N–H and O–H groups in total. The van der Waals surface area contributed by atoms with Crippen molar-refractivity contribution in [3.05, 3.63) is 56.7 Å². The summed E-state index contributed by atoms with van der Waals surface area (Å²) in [4.78, 5) is 30.7. The number of carbonyl (C=O) groups excluding carboxylic acids is 2. The van der Waals surface area contributed by atoms with Crippen molar-refractivity contribution in [1.29, 1.82) is 0 Å². The second-order valence-electron chi connectivity index (χ2n) is 7.16. The van der Waals surface area contributed by atoms with Crippen LogP contribution in [0.25, 0.3) is 0 Å². The van der Waals surface area contributed by atoms with Crippen molar-refractivity contribution in [2.75, 3.05) is 19.6 Å². The highest BCUT2D eigenvalue weighted by molar-refractivity contribution is 7.10. The average Bonchev–Trinajstić information content (AvgIpc) is 3.16. The van der Waals surface area contributed by atoms with Crippen LogP contribution in [-0.2, 0) is 16.0 Å². The first-order chi connectivity index (χ1) is 13.5. The van der Waals surface area contributed by atoms with Crippen LogP contribution in [0, 0.1) is 0 Å². The van der Waals surface area contributed by atoms with Crippen LogP contribution >= 0.6 is 22.9 Å². The number of carbonyl (C=O) groups is 2. The van der Waals surface area contributed by atoms with Gasteiger partial charge in [-0.25, -0.2) is 0 Å². The van der Waals surface area contributed by atoms with Gasteiger partial charge in [0.2, 0.25) is 11.8 Å². The van der Waals surface area contributed by atoms with Crippen molar-refractivity contribution in [2.45, 2.75) is 45.6 Å². The first-order valence-electron chi connectivity index (χ1n) is 9.94. The van der Waals surface area contributed by atoms with E-state index in [2.05, 4.69) is 11.4 Å². The average molecular weight is 419 g/mol. The Morgan fingerprint density at radius 2 is 1.93 bits per heavy atom. The highest BCUT2D eigenvalue weighted by Crippen LogP contribution is 2.38. The van der Waals surface area contributed by atoms with Crippen molar-refractivity contribution >= 4 is 34.8 Å². The molecule has 0 fully saturated rings. The largest absolute Gasteiger partial charge is 0.333 e. The van der Waals surface area contributed by atoms with Gasteiger partial charge in [0.1, 0.15) is 0 Å². The number of fused-ring (bicyclic) bond motifs is 1. The molecular formula is C22H27ClN2O2S. The first kappa shape index (κ1) is 20.9. The number of nitrogens with zero attached hydrogens (tertiary/aromatic N) is 2. The molecule has 1 aliphatic rings. The fraction of sp³-hybridized carbons (Fsp3) is 0.455. The molecule has 0 spiro atoms. The summed E-state index contributed by atoms with van der Waals surface area (Å²) in [5.41, 5.74) is 2.24. The second kappa shape index (κ2) is 9.57. The number of hydrogen-bond acceptors (Lipinski definition) is 3. The zero-order chi connectivity index (χ0) is 20.1. The van der Waals surface area contributed by atoms with Crippen molar-refractivity contribution in [1.82, 2.24) is 9.80 Å². The molecule has 0 unspecified atom stereocenters. The van der Waals surface area contributed by atoms with Gasteiger partial charge >= 0.3 is 0 Å². The molecule has 1 aromatic heterocycles. The molecular weight excluding hydrogens is 392 g/mol. The topological polar surface area (TPSA) is 40.6 Å². The molecule has 1 aromatic carbocycles. The van der Waals surface area contributed by atoms with Gasteiger partial charge in [0, 0.05) is 29.4 Å². The molecule has 2 amide bonds. The summed E-state index contributed by atoms with van der Waals surface area (Å²) in [6.45, 7) is 5.46. The molecule has 4 nitrogen and oxygen atoms in total. The van der Waals surface area contributed by atoms with E-state index < -0.39 is 0 Å². The van der Waals surface area contributed by atoms with Gasteiger partial charge in [0.25, 0.3) is 0 Å². The first-order valence-corrected chi connectivity index (χ1v) is 11.2. The van der Waals surface area contributed by atoms with Gasteiger partial charge in [-0.1, -0.05) is 37.6 Å². The summed E-state index contributed by atoms with van der Waals surface area (Å²) < 4.78 is 0. The predicted octanol–water partition coefficient (Wildman–Crippen LogP) is 4.91. The molecule has 2 aromatic rings. The van der Waals surface area contributed by atoms with E-state index in [1.165, 1.54) is 10.4 Å². The quantitative estimate of drug-likeness (QED) is 0.640. The van der Waals surface area contributed by atoms with Crippen molar-refractivity contribution in [3.63, 3.8) is 0 Å². The van der Waals surface area contributed by atoms with Crippen LogP contribution < -0.4 is 0 Å². The molecule has 0 aliphatic carbocycles. The lowest BCUT2D eigenvalue weighted by molar-refractivity contribution is -0.141. The van der Waals surface area contributed by atoms with Gasteiger partial charge in [0.15, 0.2) is 0 Å². The molecule has 1 atom stereocenters. The molecule has 0 saturated heterocycles. The van der Waals surface area contributed by atoms with E-state index in [-0.39, 0.29) is 24.4 Å². The minimum atomic E-state index is -0.121. The second-order valence-corrected chi connectivity index (χ2v) is 8.59. The lowest BCUT2D eigenvalue weighted by atomic mass is 9.93. The van der Waals surface area contributed by atoms with E-state index in [0.717, 1.165) is 24.8 Å². The molecule has 0 radical (unpaired) electrons. The van der Waals surface area contributed by atoms with Crippen LogP contribution in [0.4, 0.5) is 0 Å². The van der Waals surface area contributed by atoms with Crippen LogP contribution in [0.5, 0.6) is 0 Å². The number of halogens is 1. The highest BCUT2D eigenvalue weighted by Gasteiger charge is 2.33. The van der Waals surface area contributed by atoms with E-state index in [1.807, 2.05) is 43.0 Å². The minimum Gasteiger partial charge on any atom is -0.333 e. The van der Waals surface area contributed by atoms with Crippen LogP contribution in [0.15, 0.2) is 35.7 Å². The Balaban J connectivity index is 1.87. The Bertz CT molecular complexity index is 818. The zero-order valence-corrected chi connectivity index (χ0v) is 18.1. The number of hydrogen-bond donors (Lipinski definition) is 0. The van der Waals surface area contributed by atoms with E-state index in [4.69, 9.17) is 11.6 Å². The maximum Gasteiger partial charge on any atom is 0.242 e. The van der Waals surface area contributed by atoms with Crippen molar-refractivity contribution < 1.29 is 9.59 Å². The van der Waals surface area contributed by atoms with Gasteiger partial charge in [0.05, 0.1) is 12.6 Å². The Hall–Kier alpha value is -1.85. The SMILES string of the molecule is CCCC(=O)N(CCC)CC(=O)N1CCc2sccc2[C@H]1c1ccc(Cl)cc1. The Morgan fingerprint density at radius 1 is 1.18 bits per heavy atom. The van der Waals surface area contributed by atoms with E-state index in [0.29, 0.717) is 24.5 Å². The lowest BCUT2D eigenvalue weighted by Crippen LogP contribution is -2.46. The number of amides is 2. The maximum absolute atomic E-state index is 13.3. The third-order valence-corrected chi connectivity index (χ3v) is 6.36. The van der Waals surface area contributed by atoms with Crippen LogP contribution in [-0.4, -0.2) is 41.2 Å². The van der Waals surface area contributed by atoms with E-state index in [1.54, 1.807) is 16.2 Å². The number of benzene rings is 1. The Morgan fingerprint density at radius 3 is 2.61 bits per heavy atom. The maximum atomic E-state index is 13.3. The smallest absolute Gasteiger partial charge is 0.242 e. The molecule has 0 saturated carbocycles. The van der Waals surface area contributed by atoms with Gasteiger partial charge < -0.3 is 9.80 Å². The Kier molecular flexibility index (Phi) is 7.13. The minimum absolute atomic E-state index is 0.00898. The fourth-order valence-electron chi connectivity index (χ4n) is 3.78. The molecule has 28 heavy (non-hydrogen) atoms. The summed E-state index contributed by atoms with van der Waals surface area (Å²) >= 11 is 7.82. The highest BCUT2D eigenvalue weighted by atomic mass is 35.5. The van der Waals surface area contributed by atoms with Crippen LogP contribution in [0.3, 0.4) is 0 Å². The fourth-order valence-corrected chi connectivity index (χ4v) is 4.81. The van der Waals surface area contributed by atoms with Gasteiger partial charge in [-0.3, -0.25) is 9.59 Å². The molecule has 150 valence electrons. The summed E-state index contributed by atoms with van der Waals surface area (Å²) in [6.07, 6.45) is 2.99. The third kappa shape index (κ3) is 4.58. The van der Waals surface area contributed by atoms with Gasteiger partial charge in [-0.05, 0) is 54.0 Å².